The van der Waals surface area contributed by atoms with Crippen molar-refractivity contribution in [1.82, 2.24) is 0 Å². The predicted octanol–water partition coefficient (Wildman–Crippen LogP) is 4.16. The fourth-order valence-corrected chi connectivity index (χ4v) is 1.96. The highest BCUT2D eigenvalue weighted by Gasteiger charge is 2.05. The number of hydrogen-bond donors (Lipinski definition) is 0. The number of halogens is 1. The van der Waals surface area contributed by atoms with E-state index in [-0.39, 0.29) is 5.82 Å². The smallest absolute Gasteiger partial charge is 0.146 e. The van der Waals surface area contributed by atoms with Gasteiger partial charge < -0.3 is 13.9 Å². The molecule has 0 aliphatic carbocycles. The minimum atomic E-state index is -0.311. The summed E-state index contributed by atoms with van der Waals surface area (Å²) in [5, 5.41) is 0.861. The van der Waals surface area contributed by atoms with Crippen molar-refractivity contribution < 1.29 is 18.3 Å². The third-order valence-corrected chi connectivity index (χ3v) is 2.97. The molecule has 0 bridgehead atoms. The molecule has 1 heterocycles. The molecule has 0 aliphatic rings. The van der Waals surface area contributed by atoms with Crippen molar-refractivity contribution in [3.63, 3.8) is 0 Å². The molecule has 0 saturated heterocycles. The first-order chi connectivity index (χ1) is 9.74. The SMILES string of the molecule is COc1ccc(OCc2cc3ccc(F)cc3o2)cc1. The van der Waals surface area contributed by atoms with Crippen LogP contribution in [0.25, 0.3) is 11.0 Å². The molecule has 0 N–H and O–H groups in total. The summed E-state index contributed by atoms with van der Waals surface area (Å²) in [6.07, 6.45) is 0. The van der Waals surface area contributed by atoms with Gasteiger partial charge >= 0.3 is 0 Å². The minimum Gasteiger partial charge on any atom is -0.497 e. The van der Waals surface area contributed by atoms with E-state index in [4.69, 9.17) is 13.9 Å². The Hall–Kier alpha value is -2.49. The van der Waals surface area contributed by atoms with Crippen LogP contribution in [-0.4, -0.2) is 7.11 Å². The van der Waals surface area contributed by atoms with Gasteiger partial charge in [-0.3, -0.25) is 0 Å². The Bertz CT molecular complexity index is 716. The molecule has 102 valence electrons. The van der Waals surface area contributed by atoms with Crippen LogP contribution in [0.2, 0.25) is 0 Å². The molecule has 0 spiro atoms. The summed E-state index contributed by atoms with van der Waals surface area (Å²) in [5.41, 5.74) is 0.526. The van der Waals surface area contributed by atoms with Crippen molar-refractivity contribution in [2.24, 2.45) is 0 Å². The van der Waals surface area contributed by atoms with Crippen LogP contribution in [0, 0.1) is 5.82 Å². The van der Waals surface area contributed by atoms with Gasteiger partial charge in [0.2, 0.25) is 0 Å². The quantitative estimate of drug-likeness (QED) is 0.714. The third kappa shape index (κ3) is 2.59. The van der Waals surface area contributed by atoms with Crippen molar-refractivity contribution in [3.05, 3.63) is 60.1 Å². The van der Waals surface area contributed by atoms with E-state index in [1.165, 1.54) is 12.1 Å². The number of fused-ring (bicyclic) bond motifs is 1. The lowest BCUT2D eigenvalue weighted by molar-refractivity contribution is 0.274. The summed E-state index contributed by atoms with van der Waals surface area (Å²) in [4.78, 5) is 0. The van der Waals surface area contributed by atoms with Crippen molar-refractivity contribution in [3.8, 4) is 11.5 Å². The molecule has 0 amide bonds. The van der Waals surface area contributed by atoms with E-state index in [0.29, 0.717) is 18.0 Å². The zero-order chi connectivity index (χ0) is 13.9. The van der Waals surface area contributed by atoms with E-state index in [1.54, 1.807) is 13.2 Å². The average molecular weight is 272 g/mol. The molecular weight excluding hydrogens is 259 g/mol. The van der Waals surface area contributed by atoms with Crippen LogP contribution in [0.1, 0.15) is 5.76 Å². The van der Waals surface area contributed by atoms with Crippen molar-refractivity contribution in [2.45, 2.75) is 6.61 Å². The first-order valence-electron chi connectivity index (χ1n) is 6.19. The number of methoxy groups -OCH3 is 1. The van der Waals surface area contributed by atoms with Crippen molar-refractivity contribution in [2.75, 3.05) is 7.11 Å². The molecule has 0 fully saturated rings. The van der Waals surface area contributed by atoms with Crippen LogP contribution in [0.4, 0.5) is 4.39 Å². The monoisotopic (exact) mass is 272 g/mol. The highest BCUT2D eigenvalue weighted by Crippen LogP contribution is 2.22. The fourth-order valence-electron chi connectivity index (χ4n) is 1.96. The van der Waals surface area contributed by atoms with Gasteiger partial charge in [0.15, 0.2) is 0 Å². The molecule has 3 nitrogen and oxygen atoms in total. The molecule has 3 rings (SSSR count). The zero-order valence-electron chi connectivity index (χ0n) is 10.9. The molecular formula is C16H13FO3. The maximum atomic E-state index is 13.1. The Balaban J connectivity index is 1.72. The second-order valence-electron chi connectivity index (χ2n) is 4.36. The highest BCUT2D eigenvalue weighted by atomic mass is 19.1. The van der Waals surface area contributed by atoms with E-state index in [9.17, 15) is 4.39 Å². The largest absolute Gasteiger partial charge is 0.497 e. The number of hydrogen-bond acceptors (Lipinski definition) is 3. The Morgan fingerprint density at radius 2 is 1.75 bits per heavy atom. The van der Waals surface area contributed by atoms with Crippen LogP contribution in [0.3, 0.4) is 0 Å². The van der Waals surface area contributed by atoms with Crippen molar-refractivity contribution >= 4 is 11.0 Å². The Kier molecular flexibility index (Phi) is 3.29. The van der Waals surface area contributed by atoms with Crippen LogP contribution >= 0.6 is 0 Å². The van der Waals surface area contributed by atoms with E-state index in [2.05, 4.69) is 0 Å². The fraction of sp³-hybridized carbons (Fsp3) is 0.125. The van der Waals surface area contributed by atoms with E-state index >= 15 is 0 Å². The lowest BCUT2D eigenvalue weighted by Crippen LogP contribution is -1.93. The van der Waals surface area contributed by atoms with Gasteiger partial charge in [-0.2, -0.15) is 0 Å². The molecule has 0 aliphatic heterocycles. The number of ether oxygens (including phenoxy) is 2. The van der Waals surface area contributed by atoms with Gasteiger partial charge in [0.1, 0.15) is 35.3 Å². The van der Waals surface area contributed by atoms with Gasteiger partial charge in [0, 0.05) is 11.5 Å². The molecule has 2 aromatic carbocycles. The number of rotatable bonds is 4. The normalized spacial score (nSPS) is 10.7. The molecule has 4 heteroatoms. The van der Waals surface area contributed by atoms with Crippen LogP contribution in [0.5, 0.6) is 11.5 Å². The van der Waals surface area contributed by atoms with Gasteiger partial charge in [0.05, 0.1) is 7.11 Å². The van der Waals surface area contributed by atoms with E-state index in [1.807, 2.05) is 30.3 Å². The first kappa shape index (κ1) is 12.5. The molecule has 3 aromatic rings. The summed E-state index contributed by atoms with van der Waals surface area (Å²) in [6, 6.07) is 13.6. The summed E-state index contributed by atoms with van der Waals surface area (Å²) in [5.74, 6) is 1.84. The Morgan fingerprint density at radius 3 is 2.50 bits per heavy atom. The van der Waals surface area contributed by atoms with Gasteiger partial charge in [-0.15, -0.1) is 0 Å². The Labute approximate surface area is 115 Å². The minimum absolute atomic E-state index is 0.294. The summed E-state index contributed by atoms with van der Waals surface area (Å²) in [6.45, 7) is 0.294. The third-order valence-electron chi connectivity index (χ3n) is 2.97. The predicted molar refractivity (Wildman–Crippen MR) is 73.5 cm³/mol. The average Bonchev–Trinajstić information content (AvgIpc) is 2.87. The summed E-state index contributed by atoms with van der Waals surface area (Å²) in [7, 11) is 1.61. The number of furan rings is 1. The lowest BCUT2D eigenvalue weighted by Gasteiger charge is -2.05. The van der Waals surface area contributed by atoms with Gasteiger partial charge in [0.25, 0.3) is 0 Å². The van der Waals surface area contributed by atoms with E-state index in [0.717, 1.165) is 16.9 Å². The van der Waals surface area contributed by atoms with Crippen LogP contribution in [-0.2, 0) is 6.61 Å². The molecule has 20 heavy (non-hydrogen) atoms. The maximum Gasteiger partial charge on any atom is 0.146 e. The highest BCUT2D eigenvalue weighted by molar-refractivity contribution is 5.77. The molecule has 0 atom stereocenters. The second kappa shape index (κ2) is 5.25. The standard InChI is InChI=1S/C16H13FO3/c1-18-13-4-6-14(7-5-13)19-10-15-8-11-2-3-12(17)9-16(11)20-15/h2-9H,10H2,1H3. The van der Waals surface area contributed by atoms with Gasteiger partial charge in [-0.05, 0) is 42.5 Å². The van der Waals surface area contributed by atoms with Gasteiger partial charge in [-0.1, -0.05) is 0 Å². The van der Waals surface area contributed by atoms with Crippen molar-refractivity contribution in [1.29, 1.82) is 0 Å². The van der Waals surface area contributed by atoms with Gasteiger partial charge in [-0.25, -0.2) is 4.39 Å². The summed E-state index contributed by atoms with van der Waals surface area (Å²) < 4.78 is 29.3. The molecule has 1 aromatic heterocycles. The molecule has 0 saturated carbocycles. The molecule has 0 unspecified atom stereocenters. The first-order valence-corrected chi connectivity index (χ1v) is 6.19. The maximum absolute atomic E-state index is 13.1. The zero-order valence-corrected chi connectivity index (χ0v) is 10.9. The number of benzene rings is 2. The Morgan fingerprint density at radius 1 is 1.00 bits per heavy atom. The van der Waals surface area contributed by atoms with Crippen LogP contribution in [0.15, 0.2) is 52.9 Å². The molecule has 0 radical (unpaired) electrons. The second-order valence-corrected chi connectivity index (χ2v) is 4.36. The topological polar surface area (TPSA) is 31.6 Å². The summed E-state index contributed by atoms with van der Waals surface area (Å²) >= 11 is 0. The lowest BCUT2D eigenvalue weighted by atomic mass is 10.2. The van der Waals surface area contributed by atoms with E-state index < -0.39 is 0 Å². The van der Waals surface area contributed by atoms with Crippen LogP contribution < -0.4 is 9.47 Å².